The van der Waals surface area contributed by atoms with Gasteiger partial charge in [-0.05, 0) is 50.4 Å². The molecule has 2 aromatic rings. The Kier molecular flexibility index (Phi) is 4.71. The van der Waals surface area contributed by atoms with Crippen LogP contribution in [0.5, 0.6) is 0 Å². The molecule has 0 aliphatic carbocycles. The van der Waals surface area contributed by atoms with Crippen LogP contribution in [0.2, 0.25) is 0 Å². The fraction of sp³-hybridized carbons (Fsp3) is 0.529. The molecule has 0 aromatic carbocycles. The minimum absolute atomic E-state index is 0. The van der Waals surface area contributed by atoms with Gasteiger partial charge < -0.3 is 5.32 Å². The van der Waals surface area contributed by atoms with Crippen molar-refractivity contribution in [3.05, 3.63) is 42.0 Å². The molecule has 1 N–H and O–H groups in total. The maximum atomic E-state index is 4.66. The predicted octanol–water partition coefficient (Wildman–Crippen LogP) is 2.18. The minimum Gasteiger partial charge on any atom is -0.316 e. The molecule has 0 amide bonds. The fourth-order valence-corrected chi connectivity index (χ4v) is 3.83. The zero-order valence-electron chi connectivity index (χ0n) is 13.5. The van der Waals surface area contributed by atoms with Crippen LogP contribution >= 0.6 is 12.4 Å². The highest BCUT2D eigenvalue weighted by Crippen LogP contribution is 2.36. The molecule has 23 heavy (non-hydrogen) atoms. The van der Waals surface area contributed by atoms with Crippen molar-refractivity contribution in [1.29, 1.82) is 0 Å². The van der Waals surface area contributed by atoms with Gasteiger partial charge in [-0.2, -0.15) is 5.10 Å². The molecule has 0 bridgehead atoms. The smallest absolute Gasteiger partial charge is 0.0676 e. The lowest BCUT2D eigenvalue weighted by Gasteiger charge is -2.22. The summed E-state index contributed by atoms with van der Waals surface area (Å²) in [6.07, 6.45) is 8.45. The van der Waals surface area contributed by atoms with Gasteiger partial charge in [0, 0.05) is 43.8 Å². The molecular formula is C17H24ClN5. The number of aryl methyl sites for hydroxylation is 1. The van der Waals surface area contributed by atoms with Crippen LogP contribution in [0, 0.1) is 12.3 Å². The third-order valence-electron chi connectivity index (χ3n) is 5.17. The molecular weight excluding hydrogens is 310 g/mol. The number of hydrogen-bond donors (Lipinski definition) is 1. The van der Waals surface area contributed by atoms with Crippen LogP contribution in [0.4, 0.5) is 0 Å². The van der Waals surface area contributed by atoms with E-state index in [0.29, 0.717) is 5.41 Å². The summed E-state index contributed by atoms with van der Waals surface area (Å²) >= 11 is 0. The molecule has 4 heterocycles. The fourth-order valence-electron chi connectivity index (χ4n) is 3.83. The first-order chi connectivity index (χ1) is 10.7. The van der Waals surface area contributed by atoms with Gasteiger partial charge in [0.2, 0.25) is 0 Å². The van der Waals surface area contributed by atoms with Crippen LogP contribution < -0.4 is 5.32 Å². The largest absolute Gasteiger partial charge is 0.316 e. The number of aromatic nitrogens is 3. The summed E-state index contributed by atoms with van der Waals surface area (Å²) in [5.41, 5.74) is 4.07. The number of likely N-dealkylation sites (tertiary alicyclic amines) is 1. The van der Waals surface area contributed by atoms with Gasteiger partial charge in [0.1, 0.15) is 0 Å². The topological polar surface area (TPSA) is 46.0 Å². The second-order valence-corrected chi connectivity index (χ2v) is 6.78. The summed E-state index contributed by atoms with van der Waals surface area (Å²) in [6.45, 7) is 7.93. The number of pyridine rings is 1. The minimum atomic E-state index is 0. The van der Waals surface area contributed by atoms with Crippen LogP contribution in [0.15, 0.2) is 30.7 Å². The second kappa shape index (κ2) is 6.59. The molecule has 2 aliphatic rings. The number of nitrogens with one attached hydrogen (secondary N) is 1. The molecule has 4 rings (SSSR count). The monoisotopic (exact) mass is 333 g/mol. The first-order valence-electron chi connectivity index (χ1n) is 8.13. The maximum absolute atomic E-state index is 4.66. The average Bonchev–Trinajstić information content (AvgIpc) is 3.25. The standard InChI is InChI=1S/C17H23N5.ClH/c1-14-15(11-22(20-14)16-2-6-18-7-3-16)10-21-9-5-17(13-21)4-8-19-12-17;/h2-3,6-7,11,19H,4-5,8-10,12-13H2,1H3;1H. The third kappa shape index (κ3) is 3.27. The molecule has 2 aromatic heterocycles. The van der Waals surface area contributed by atoms with E-state index in [1.165, 1.54) is 44.6 Å². The van der Waals surface area contributed by atoms with Gasteiger partial charge in [0.25, 0.3) is 0 Å². The van der Waals surface area contributed by atoms with Crippen LogP contribution in [0.1, 0.15) is 24.1 Å². The first-order valence-corrected chi connectivity index (χ1v) is 8.13. The highest BCUT2D eigenvalue weighted by atomic mass is 35.5. The molecule has 2 aliphatic heterocycles. The molecule has 1 unspecified atom stereocenters. The lowest BCUT2D eigenvalue weighted by molar-refractivity contribution is 0.268. The molecule has 6 heteroatoms. The van der Waals surface area contributed by atoms with Crippen LogP contribution in [-0.2, 0) is 6.54 Å². The normalized spacial score (nSPS) is 24.2. The van der Waals surface area contributed by atoms with Crippen molar-refractivity contribution in [3.63, 3.8) is 0 Å². The number of hydrogen-bond acceptors (Lipinski definition) is 4. The zero-order chi connectivity index (χ0) is 15.0. The predicted molar refractivity (Wildman–Crippen MR) is 93.2 cm³/mol. The second-order valence-electron chi connectivity index (χ2n) is 6.78. The molecule has 5 nitrogen and oxygen atoms in total. The van der Waals surface area contributed by atoms with Crippen molar-refractivity contribution in [1.82, 2.24) is 25.0 Å². The van der Waals surface area contributed by atoms with E-state index in [1.807, 2.05) is 29.2 Å². The first kappa shape index (κ1) is 16.4. The van der Waals surface area contributed by atoms with E-state index in [2.05, 4.69) is 33.4 Å². The van der Waals surface area contributed by atoms with E-state index < -0.39 is 0 Å². The van der Waals surface area contributed by atoms with Crippen LogP contribution in [0.3, 0.4) is 0 Å². The van der Waals surface area contributed by atoms with Gasteiger partial charge in [-0.25, -0.2) is 4.68 Å². The van der Waals surface area contributed by atoms with Crippen molar-refractivity contribution < 1.29 is 0 Å². The van der Waals surface area contributed by atoms with E-state index in [0.717, 1.165) is 17.9 Å². The Labute approximate surface area is 143 Å². The summed E-state index contributed by atoms with van der Waals surface area (Å²) in [7, 11) is 0. The Morgan fingerprint density at radius 3 is 2.83 bits per heavy atom. The van der Waals surface area contributed by atoms with Crippen LogP contribution in [0.25, 0.3) is 5.69 Å². The van der Waals surface area contributed by atoms with E-state index in [4.69, 9.17) is 0 Å². The Balaban J connectivity index is 0.00000156. The van der Waals surface area contributed by atoms with Crippen molar-refractivity contribution >= 4 is 12.4 Å². The number of nitrogens with zero attached hydrogens (tertiary/aromatic N) is 4. The summed E-state index contributed by atoms with van der Waals surface area (Å²) < 4.78 is 1.97. The Bertz CT molecular complexity index is 648. The Hall–Kier alpha value is -1.43. The Morgan fingerprint density at radius 2 is 2.09 bits per heavy atom. The number of rotatable bonds is 3. The lowest BCUT2D eigenvalue weighted by Crippen LogP contribution is -2.29. The molecule has 0 radical (unpaired) electrons. The van der Waals surface area contributed by atoms with Crippen molar-refractivity contribution in [2.24, 2.45) is 5.41 Å². The molecule has 1 spiro atoms. The van der Waals surface area contributed by atoms with E-state index >= 15 is 0 Å². The van der Waals surface area contributed by atoms with Crippen LogP contribution in [-0.4, -0.2) is 45.8 Å². The lowest BCUT2D eigenvalue weighted by atomic mass is 9.87. The highest BCUT2D eigenvalue weighted by Gasteiger charge is 2.40. The summed E-state index contributed by atoms with van der Waals surface area (Å²) in [5.74, 6) is 0. The highest BCUT2D eigenvalue weighted by molar-refractivity contribution is 5.85. The number of halogens is 1. The van der Waals surface area contributed by atoms with Gasteiger partial charge in [-0.3, -0.25) is 9.88 Å². The van der Waals surface area contributed by atoms with E-state index in [1.54, 1.807) is 0 Å². The molecule has 2 fully saturated rings. The third-order valence-corrected chi connectivity index (χ3v) is 5.17. The quantitative estimate of drug-likeness (QED) is 0.935. The summed E-state index contributed by atoms with van der Waals surface area (Å²) in [4.78, 5) is 6.66. The van der Waals surface area contributed by atoms with Gasteiger partial charge >= 0.3 is 0 Å². The average molecular weight is 334 g/mol. The summed E-state index contributed by atoms with van der Waals surface area (Å²) in [5, 5.41) is 8.19. The Morgan fingerprint density at radius 1 is 1.26 bits per heavy atom. The molecule has 0 saturated carbocycles. The van der Waals surface area contributed by atoms with Gasteiger partial charge in [0.15, 0.2) is 0 Å². The molecule has 124 valence electrons. The zero-order valence-corrected chi connectivity index (χ0v) is 14.4. The maximum Gasteiger partial charge on any atom is 0.0676 e. The SMILES string of the molecule is Cc1nn(-c2ccncc2)cc1CN1CCC2(CCNC2)C1.Cl. The molecule has 2 saturated heterocycles. The van der Waals surface area contributed by atoms with Crippen molar-refractivity contribution in [2.45, 2.75) is 26.3 Å². The molecule has 1 atom stereocenters. The van der Waals surface area contributed by atoms with Gasteiger partial charge in [-0.15, -0.1) is 12.4 Å². The van der Waals surface area contributed by atoms with E-state index in [-0.39, 0.29) is 12.4 Å². The summed E-state index contributed by atoms with van der Waals surface area (Å²) in [6, 6.07) is 3.98. The van der Waals surface area contributed by atoms with Gasteiger partial charge in [-0.1, -0.05) is 0 Å². The van der Waals surface area contributed by atoms with Crippen molar-refractivity contribution in [3.8, 4) is 5.69 Å². The van der Waals surface area contributed by atoms with E-state index in [9.17, 15) is 0 Å². The van der Waals surface area contributed by atoms with Crippen molar-refractivity contribution in [2.75, 3.05) is 26.2 Å². The van der Waals surface area contributed by atoms with Gasteiger partial charge in [0.05, 0.1) is 11.4 Å².